The summed E-state index contributed by atoms with van der Waals surface area (Å²) in [5.74, 6) is -0.0759. The number of hydrogen-bond donors (Lipinski definition) is 1. The van der Waals surface area contributed by atoms with Crippen LogP contribution in [0.2, 0.25) is 0 Å². The van der Waals surface area contributed by atoms with Gasteiger partial charge in [0.15, 0.2) is 23.4 Å². The minimum absolute atomic E-state index is 0.0385. The third-order valence-corrected chi connectivity index (χ3v) is 5.34. The second-order valence-electron chi connectivity index (χ2n) is 7.27. The van der Waals surface area contributed by atoms with Crippen molar-refractivity contribution in [3.8, 4) is 11.5 Å². The summed E-state index contributed by atoms with van der Waals surface area (Å²) in [7, 11) is 0. The van der Waals surface area contributed by atoms with E-state index in [1.165, 1.54) is 18.5 Å². The zero-order valence-electron chi connectivity index (χ0n) is 16.0. The molecule has 0 saturated carbocycles. The highest BCUT2D eigenvalue weighted by molar-refractivity contribution is 6.16. The van der Waals surface area contributed by atoms with Crippen molar-refractivity contribution < 1.29 is 27.4 Å². The summed E-state index contributed by atoms with van der Waals surface area (Å²) in [5, 5.41) is 3.03. The fourth-order valence-corrected chi connectivity index (χ4v) is 3.88. The standard InChI is InChI=1S/C22H16F3N3O3/c23-22(24,25)12-5-6-15-13(9-12)19(14-10-26-7-8-27-21(14)28-15)20(29)18-11-30-16-3-1-2-4-17(16)31-18/h1-9,18-19,28H,10-11H2/t18-,19?/m1/s1. The first-order valence-electron chi connectivity index (χ1n) is 9.58. The number of nitrogens with one attached hydrogen (secondary N) is 1. The highest BCUT2D eigenvalue weighted by Crippen LogP contribution is 2.43. The fraction of sp³-hybridized carbons (Fsp3) is 0.227. The minimum atomic E-state index is -4.54. The van der Waals surface area contributed by atoms with Gasteiger partial charge in [0.1, 0.15) is 12.4 Å². The van der Waals surface area contributed by atoms with Gasteiger partial charge in [-0.15, -0.1) is 0 Å². The molecule has 3 heterocycles. The number of carbonyl (C=O) groups excluding carboxylic acids is 1. The number of aliphatic imine (C=N–C) groups is 2. The van der Waals surface area contributed by atoms with E-state index in [2.05, 4.69) is 15.3 Å². The molecule has 1 N–H and O–H groups in total. The number of ether oxygens (including phenoxy) is 2. The Bertz CT molecular complexity index is 1150. The molecule has 2 atom stereocenters. The molecule has 0 bridgehead atoms. The Kier molecular flexibility index (Phi) is 4.53. The van der Waals surface area contributed by atoms with Crippen molar-refractivity contribution >= 4 is 23.9 Å². The number of halogens is 3. The molecule has 0 fully saturated rings. The van der Waals surface area contributed by atoms with Crippen LogP contribution in [0.5, 0.6) is 11.5 Å². The molecule has 0 saturated heterocycles. The van der Waals surface area contributed by atoms with E-state index < -0.39 is 29.5 Å². The number of alkyl halides is 3. The van der Waals surface area contributed by atoms with E-state index in [1.54, 1.807) is 24.3 Å². The van der Waals surface area contributed by atoms with Gasteiger partial charge >= 0.3 is 6.18 Å². The molecule has 0 amide bonds. The number of fused-ring (bicyclic) bond motifs is 2. The number of hydrogen-bond acceptors (Lipinski definition) is 6. The zero-order valence-corrected chi connectivity index (χ0v) is 16.0. The van der Waals surface area contributed by atoms with Crippen LogP contribution < -0.4 is 14.8 Å². The summed E-state index contributed by atoms with van der Waals surface area (Å²) in [6.07, 6.45) is -2.56. The van der Waals surface area contributed by atoms with E-state index in [0.717, 1.165) is 12.1 Å². The van der Waals surface area contributed by atoms with Crippen molar-refractivity contribution in [1.82, 2.24) is 0 Å². The lowest BCUT2D eigenvalue weighted by atomic mass is 9.81. The van der Waals surface area contributed by atoms with E-state index in [-0.39, 0.29) is 18.7 Å². The lowest BCUT2D eigenvalue weighted by Gasteiger charge is -2.33. The van der Waals surface area contributed by atoms with Gasteiger partial charge in [-0.3, -0.25) is 9.79 Å². The zero-order chi connectivity index (χ0) is 21.6. The van der Waals surface area contributed by atoms with Gasteiger partial charge in [0.05, 0.1) is 18.0 Å². The second-order valence-corrected chi connectivity index (χ2v) is 7.27. The van der Waals surface area contributed by atoms with Gasteiger partial charge in [-0.05, 0) is 35.9 Å². The molecule has 2 aromatic carbocycles. The molecule has 2 aromatic rings. The Balaban J connectivity index is 1.58. The average molecular weight is 427 g/mol. The molecule has 158 valence electrons. The number of carbonyl (C=O) groups is 1. The Labute approximate surface area is 175 Å². The first-order valence-corrected chi connectivity index (χ1v) is 9.58. The van der Waals surface area contributed by atoms with E-state index in [1.807, 2.05) is 0 Å². The number of benzene rings is 2. The van der Waals surface area contributed by atoms with Crippen LogP contribution in [0.4, 0.5) is 18.9 Å². The normalized spacial score (nSPS) is 21.6. The Hall–Kier alpha value is -3.62. The molecule has 3 aliphatic heterocycles. The quantitative estimate of drug-likeness (QED) is 0.787. The lowest BCUT2D eigenvalue weighted by Crippen LogP contribution is -2.41. The predicted molar refractivity (Wildman–Crippen MR) is 108 cm³/mol. The topological polar surface area (TPSA) is 72.3 Å². The average Bonchev–Trinajstić information content (AvgIpc) is 3.01. The Morgan fingerprint density at radius 3 is 2.71 bits per heavy atom. The smallest absolute Gasteiger partial charge is 0.416 e. The van der Waals surface area contributed by atoms with Crippen LogP contribution in [-0.4, -0.2) is 37.5 Å². The van der Waals surface area contributed by atoms with Gasteiger partial charge in [0.25, 0.3) is 0 Å². The van der Waals surface area contributed by atoms with E-state index >= 15 is 0 Å². The van der Waals surface area contributed by atoms with Crippen LogP contribution in [-0.2, 0) is 11.0 Å². The summed E-state index contributed by atoms with van der Waals surface area (Å²) < 4.78 is 51.7. The molecule has 3 aliphatic rings. The van der Waals surface area contributed by atoms with Gasteiger partial charge in [-0.25, -0.2) is 4.99 Å². The highest BCUT2D eigenvalue weighted by Gasteiger charge is 2.41. The first kappa shape index (κ1) is 19.3. The first-order chi connectivity index (χ1) is 14.9. The van der Waals surface area contributed by atoms with Gasteiger partial charge in [0.2, 0.25) is 0 Å². The summed E-state index contributed by atoms with van der Waals surface area (Å²) in [5.41, 5.74) is 0.264. The van der Waals surface area contributed by atoms with Crippen molar-refractivity contribution in [3.63, 3.8) is 0 Å². The van der Waals surface area contributed by atoms with Crippen LogP contribution >= 0.6 is 0 Å². The fourth-order valence-electron chi connectivity index (χ4n) is 3.88. The molecular weight excluding hydrogens is 411 g/mol. The summed E-state index contributed by atoms with van der Waals surface area (Å²) in [6.45, 7) is 0.0851. The van der Waals surface area contributed by atoms with Crippen molar-refractivity contribution in [2.75, 3.05) is 18.5 Å². The van der Waals surface area contributed by atoms with Crippen molar-refractivity contribution in [2.45, 2.75) is 18.2 Å². The Morgan fingerprint density at radius 2 is 1.90 bits per heavy atom. The van der Waals surface area contributed by atoms with Crippen LogP contribution in [0.1, 0.15) is 17.0 Å². The van der Waals surface area contributed by atoms with Crippen LogP contribution in [0, 0.1) is 0 Å². The van der Waals surface area contributed by atoms with Crippen LogP contribution in [0.25, 0.3) is 0 Å². The summed E-state index contributed by atoms with van der Waals surface area (Å²) >= 11 is 0. The van der Waals surface area contributed by atoms with Gasteiger partial charge in [0, 0.05) is 23.7 Å². The van der Waals surface area contributed by atoms with Crippen LogP contribution in [0.15, 0.2) is 63.8 Å². The second kappa shape index (κ2) is 7.26. The van der Waals surface area contributed by atoms with Gasteiger partial charge in [-0.1, -0.05) is 12.1 Å². The summed E-state index contributed by atoms with van der Waals surface area (Å²) in [4.78, 5) is 22.1. The molecule has 9 heteroatoms. The molecule has 31 heavy (non-hydrogen) atoms. The molecule has 0 spiro atoms. The van der Waals surface area contributed by atoms with Gasteiger partial charge < -0.3 is 14.8 Å². The monoisotopic (exact) mass is 427 g/mol. The molecule has 0 radical (unpaired) electrons. The van der Waals surface area contributed by atoms with E-state index in [4.69, 9.17) is 9.47 Å². The Morgan fingerprint density at radius 1 is 1.10 bits per heavy atom. The third-order valence-electron chi connectivity index (χ3n) is 5.34. The maximum absolute atomic E-state index is 13.6. The number of Topliss-reactive ketones (excluding diaryl/α,β-unsaturated/α-hetero) is 1. The number of ketones is 1. The third kappa shape index (κ3) is 3.45. The van der Waals surface area contributed by atoms with Gasteiger partial charge in [-0.2, -0.15) is 13.2 Å². The minimum Gasteiger partial charge on any atom is -0.485 e. The number of para-hydroxylation sites is 2. The molecule has 0 aliphatic carbocycles. The van der Waals surface area contributed by atoms with E-state index in [0.29, 0.717) is 28.6 Å². The SMILES string of the molecule is O=C(C1C2=C(N=CC=NC2)Nc2ccc(C(F)(F)F)cc21)[C@H]1COc2ccccc2O1. The predicted octanol–water partition coefficient (Wildman–Crippen LogP) is 3.99. The number of anilines is 1. The van der Waals surface area contributed by atoms with Crippen molar-refractivity contribution in [2.24, 2.45) is 9.98 Å². The molecule has 0 aromatic heterocycles. The number of nitrogens with zero attached hydrogens (tertiary/aromatic N) is 2. The maximum atomic E-state index is 13.6. The van der Waals surface area contributed by atoms with Crippen molar-refractivity contribution in [1.29, 1.82) is 0 Å². The highest BCUT2D eigenvalue weighted by atomic mass is 19.4. The molecule has 6 nitrogen and oxygen atoms in total. The molecule has 1 unspecified atom stereocenters. The van der Waals surface area contributed by atoms with Crippen molar-refractivity contribution in [3.05, 3.63) is 65.0 Å². The van der Waals surface area contributed by atoms with E-state index in [9.17, 15) is 18.0 Å². The summed E-state index contributed by atoms with van der Waals surface area (Å²) in [6, 6.07) is 10.2. The number of rotatable bonds is 2. The molecular formula is C22H16F3N3O3. The lowest BCUT2D eigenvalue weighted by molar-refractivity contribution is -0.137. The maximum Gasteiger partial charge on any atom is 0.416 e. The molecule has 5 rings (SSSR count). The largest absolute Gasteiger partial charge is 0.485 e. The van der Waals surface area contributed by atoms with Crippen LogP contribution in [0.3, 0.4) is 0 Å².